The fourth-order valence-electron chi connectivity index (χ4n) is 2.57. The van der Waals surface area contributed by atoms with Crippen molar-refractivity contribution in [3.63, 3.8) is 0 Å². The number of rotatable bonds is 3. The van der Waals surface area contributed by atoms with Gasteiger partial charge in [-0.1, -0.05) is 39.8 Å². The smallest absolute Gasteiger partial charge is 0.251 e. The number of nitrogens with one attached hydrogen (secondary N) is 1. The molecule has 0 unspecified atom stereocenters. The fourth-order valence-corrected chi connectivity index (χ4v) is 2.73. The molecule has 18 heavy (non-hydrogen) atoms. The Morgan fingerprint density at radius 2 is 1.89 bits per heavy atom. The summed E-state index contributed by atoms with van der Waals surface area (Å²) in [6.07, 6.45) is 0. The van der Waals surface area contributed by atoms with Crippen LogP contribution in [0.15, 0.2) is 24.3 Å². The molecule has 0 spiro atoms. The van der Waals surface area contributed by atoms with Gasteiger partial charge in [-0.15, -0.1) is 11.6 Å². The molecular weight excluding hydrogens is 246 g/mol. The van der Waals surface area contributed by atoms with E-state index in [9.17, 15) is 4.79 Å². The van der Waals surface area contributed by atoms with Crippen LogP contribution >= 0.6 is 11.6 Å². The second-order valence-electron chi connectivity index (χ2n) is 6.18. The molecule has 0 radical (unpaired) electrons. The number of benzene rings is 1. The van der Waals surface area contributed by atoms with Gasteiger partial charge < -0.3 is 5.32 Å². The van der Waals surface area contributed by atoms with E-state index >= 15 is 0 Å². The fraction of sp³-hybridized carbons (Fsp3) is 0.533. The van der Waals surface area contributed by atoms with Crippen molar-refractivity contribution in [3.8, 4) is 0 Å². The molecule has 1 fully saturated rings. The van der Waals surface area contributed by atoms with E-state index in [-0.39, 0.29) is 22.8 Å². The zero-order valence-corrected chi connectivity index (χ0v) is 12.1. The molecule has 1 aliphatic carbocycles. The summed E-state index contributed by atoms with van der Waals surface area (Å²) in [5.74, 6) is 0.423. The predicted octanol–water partition coefficient (Wildman–Crippen LogP) is 3.59. The molecule has 0 atom stereocenters. The van der Waals surface area contributed by atoms with Crippen LogP contribution in [0.1, 0.15) is 43.6 Å². The number of amides is 1. The lowest BCUT2D eigenvalue weighted by molar-refractivity contribution is 0.0943. The SMILES string of the molecule is CC1(C)C(NC(=O)c2cccc(CCl)c2)C1(C)C. The Kier molecular flexibility index (Phi) is 3.18. The second kappa shape index (κ2) is 4.27. The molecule has 1 aromatic rings. The van der Waals surface area contributed by atoms with E-state index in [0.29, 0.717) is 11.4 Å². The predicted molar refractivity (Wildman–Crippen MR) is 74.8 cm³/mol. The first-order valence-corrected chi connectivity index (χ1v) is 6.80. The lowest BCUT2D eigenvalue weighted by atomic mass is 10.0. The molecule has 1 aliphatic rings. The molecule has 1 amide bonds. The van der Waals surface area contributed by atoms with E-state index < -0.39 is 0 Å². The van der Waals surface area contributed by atoms with Gasteiger partial charge in [0, 0.05) is 17.5 Å². The number of halogens is 1. The highest BCUT2D eigenvalue weighted by Crippen LogP contribution is 2.62. The molecule has 0 heterocycles. The summed E-state index contributed by atoms with van der Waals surface area (Å²) >= 11 is 5.78. The van der Waals surface area contributed by atoms with Crippen molar-refractivity contribution in [2.45, 2.75) is 39.6 Å². The normalized spacial score (nSPS) is 20.5. The van der Waals surface area contributed by atoms with E-state index in [1.807, 2.05) is 24.3 Å². The molecule has 3 heteroatoms. The number of alkyl halides is 1. The quantitative estimate of drug-likeness (QED) is 0.832. The Balaban J connectivity index is 2.10. The monoisotopic (exact) mass is 265 g/mol. The summed E-state index contributed by atoms with van der Waals surface area (Å²) in [5, 5.41) is 3.12. The summed E-state index contributed by atoms with van der Waals surface area (Å²) in [7, 11) is 0. The maximum Gasteiger partial charge on any atom is 0.251 e. The standard InChI is InChI=1S/C15H20ClNO/c1-14(2)13(15(14,3)4)17-12(18)11-7-5-6-10(8-11)9-16/h5-8,13H,9H2,1-4H3,(H,17,18). The molecule has 0 aliphatic heterocycles. The van der Waals surface area contributed by atoms with Crippen LogP contribution in [0.5, 0.6) is 0 Å². The Bertz CT molecular complexity index is 465. The van der Waals surface area contributed by atoms with Crippen molar-refractivity contribution in [1.29, 1.82) is 0 Å². The van der Waals surface area contributed by atoms with E-state index in [0.717, 1.165) is 5.56 Å². The Hall–Kier alpha value is -1.02. The van der Waals surface area contributed by atoms with E-state index in [2.05, 4.69) is 33.0 Å². The first-order valence-electron chi connectivity index (χ1n) is 6.26. The highest BCUT2D eigenvalue weighted by Gasteiger charge is 2.65. The van der Waals surface area contributed by atoms with Crippen LogP contribution in [-0.2, 0) is 5.88 Å². The summed E-state index contributed by atoms with van der Waals surface area (Å²) in [5.41, 5.74) is 1.98. The van der Waals surface area contributed by atoms with Gasteiger partial charge >= 0.3 is 0 Å². The van der Waals surface area contributed by atoms with Gasteiger partial charge in [0.25, 0.3) is 5.91 Å². The minimum Gasteiger partial charge on any atom is -0.348 e. The van der Waals surface area contributed by atoms with Gasteiger partial charge in [0.15, 0.2) is 0 Å². The number of carbonyl (C=O) groups is 1. The van der Waals surface area contributed by atoms with Crippen molar-refractivity contribution in [1.82, 2.24) is 5.32 Å². The molecule has 1 N–H and O–H groups in total. The van der Waals surface area contributed by atoms with Crippen LogP contribution in [0.3, 0.4) is 0 Å². The average molecular weight is 266 g/mol. The van der Waals surface area contributed by atoms with Crippen LogP contribution in [0.2, 0.25) is 0 Å². The van der Waals surface area contributed by atoms with Gasteiger partial charge in [-0.2, -0.15) is 0 Å². The zero-order chi connectivity index (χ0) is 13.6. The summed E-state index contributed by atoms with van der Waals surface area (Å²) in [6.45, 7) is 8.75. The lowest BCUT2D eigenvalue weighted by Gasteiger charge is -2.07. The highest BCUT2D eigenvalue weighted by atomic mass is 35.5. The Morgan fingerprint density at radius 3 is 2.39 bits per heavy atom. The number of hydrogen-bond acceptors (Lipinski definition) is 1. The largest absolute Gasteiger partial charge is 0.348 e. The molecule has 98 valence electrons. The van der Waals surface area contributed by atoms with Gasteiger partial charge in [-0.05, 0) is 28.5 Å². The van der Waals surface area contributed by atoms with E-state index in [1.54, 1.807) is 0 Å². The third-order valence-corrected chi connectivity index (χ3v) is 4.95. The van der Waals surface area contributed by atoms with Crippen molar-refractivity contribution < 1.29 is 4.79 Å². The van der Waals surface area contributed by atoms with Gasteiger partial charge in [0.1, 0.15) is 0 Å². The second-order valence-corrected chi connectivity index (χ2v) is 6.45. The molecule has 2 nitrogen and oxygen atoms in total. The summed E-state index contributed by atoms with van der Waals surface area (Å²) in [4.78, 5) is 12.2. The van der Waals surface area contributed by atoms with Crippen molar-refractivity contribution >= 4 is 17.5 Å². The molecular formula is C15H20ClNO. The van der Waals surface area contributed by atoms with Gasteiger partial charge in [0.05, 0.1) is 0 Å². The summed E-state index contributed by atoms with van der Waals surface area (Å²) < 4.78 is 0. The lowest BCUT2D eigenvalue weighted by Crippen LogP contribution is -2.29. The Labute approximate surface area is 114 Å². The minimum atomic E-state index is -0.00869. The Morgan fingerprint density at radius 1 is 1.28 bits per heavy atom. The van der Waals surface area contributed by atoms with Crippen LogP contribution < -0.4 is 5.32 Å². The third-order valence-electron chi connectivity index (χ3n) is 4.64. The van der Waals surface area contributed by atoms with Gasteiger partial charge in [-0.3, -0.25) is 4.79 Å². The van der Waals surface area contributed by atoms with Crippen LogP contribution in [0.25, 0.3) is 0 Å². The molecule has 1 aromatic carbocycles. The zero-order valence-electron chi connectivity index (χ0n) is 11.4. The van der Waals surface area contributed by atoms with E-state index in [4.69, 9.17) is 11.6 Å². The van der Waals surface area contributed by atoms with Gasteiger partial charge in [0.2, 0.25) is 0 Å². The van der Waals surface area contributed by atoms with Crippen molar-refractivity contribution in [2.24, 2.45) is 10.8 Å². The average Bonchev–Trinajstić information content (AvgIpc) is 2.71. The number of carbonyl (C=O) groups excluding carboxylic acids is 1. The van der Waals surface area contributed by atoms with Gasteiger partial charge in [-0.25, -0.2) is 0 Å². The van der Waals surface area contributed by atoms with E-state index in [1.165, 1.54) is 0 Å². The minimum absolute atomic E-state index is 0.00869. The first-order chi connectivity index (χ1) is 8.30. The van der Waals surface area contributed by atoms with Crippen LogP contribution in [0.4, 0.5) is 0 Å². The van der Waals surface area contributed by atoms with Crippen molar-refractivity contribution in [2.75, 3.05) is 0 Å². The van der Waals surface area contributed by atoms with Crippen LogP contribution in [0, 0.1) is 10.8 Å². The van der Waals surface area contributed by atoms with Crippen molar-refractivity contribution in [3.05, 3.63) is 35.4 Å². The number of hydrogen-bond donors (Lipinski definition) is 1. The molecule has 0 saturated heterocycles. The molecule has 0 aromatic heterocycles. The first kappa shape index (κ1) is 13.4. The third kappa shape index (κ3) is 2.03. The topological polar surface area (TPSA) is 29.1 Å². The highest BCUT2D eigenvalue weighted by molar-refractivity contribution is 6.17. The molecule has 1 saturated carbocycles. The maximum atomic E-state index is 12.2. The summed E-state index contributed by atoms with van der Waals surface area (Å²) in [6, 6.07) is 7.71. The van der Waals surface area contributed by atoms with Crippen LogP contribution in [-0.4, -0.2) is 11.9 Å². The molecule has 2 rings (SSSR count). The maximum absolute atomic E-state index is 12.2. The molecule has 0 bridgehead atoms.